The van der Waals surface area contributed by atoms with Crippen LogP contribution in [0.5, 0.6) is 5.75 Å². The van der Waals surface area contributed by atoms with Crippen molar-refractivity contribution in [2.45, 2.75) is 32.2 Å². The quantitative estimate of drug-likeness (QED) is 0.756. The van der Waals surface area contributed by atoms with Gasteiger partial charge >= 0.3 is 0 Å². The number of aromatic amines is 1. The Morgan fingerprint density at radius 1 is 1.33 bits per heavy atom. The van der Waals surface area contributed by atoms with Crippen LogP contribution >= 0.6 is 0 Å². The molecule has 1 amide bonds. The summed E-state index contributed by atoms with van der Waals surface area (Å²) in [5, 5.41) is 12.9. The van der Waals surface area contributed by atoms with Gasteiger partial charge in [-0.3, -0.25) is 9.59 Å². The molecule has 1 atom stereocenters. The summed E-state index contributed by atoms with van der Waals surface area (Å²) in [6, 6.07) is 6.85. The summed E-state index contributed by atoms with van der Waals surface area (Å²) in [7, 11) is 0. The van der Waals surface area contributed by atoms with Crippen molar-refractivity contribution >= 4 is 5.91 Å². The van der Waals surface area contributed by atoms with Gasteiger partial charge in [0, 0.05) is 17.7 Å². The third-order valence-electron chi connectivity index (χ3n) is 4.36. The molecular formula is C19H20N2O3. The first kappa shape index (κ1) is 16.1. The van der Waals surface area contributed by atoms with Crippen molar-refractivity contribution in [3.8, 4) is 17.0 Å². The summed E-state index contributed by atoms with van der Waals surface area (Å²) in [5.74, 6) is -0.664. The van der Waals surface area contributed by atoms with E-state index in [9.17, 15) is 14.7 Å². The van der Waals surface area contributed by atoms with E-state index in [0.717, 1.165) is 24.8 Å². The number of fused-ring (bicyclic) bond motifs is 1. The van der Waals surface area contributed by atoms with Crippen LogP contribution in [-0.4, -0.2) is 22.0 Å². The topological polar surface area (TPSA) is 82.2 Å². The van der Waals surface area contributed by atoms with Gasteiger partial charge in [-0.2, -0.15) is 0 Å². The number of carbonyl (C=O) groups excluding carboxylic acids is 1. The largest absolute Gasteiger partial charge is 0.506 e. The number of hydrogen-bond donors (Lipinski definition) is 3. The normalized spacial score (nSPS) is 14.0. The Morgan fingerprint density at radius 2 is 2.08 bits per heavy atom. The number of aromatic hydroxyl groups is 1. The summed E-state index contributed by atoms with van der Waals surface area (Å²) >= 11 is 0. The zero-order valence-corrected chi connectivity index (χ0v) is 13.6. The Balaban J connectivity index is 1.97. The minimum Gasteiger partial charge on any atom is -0.506 e. The number of nitrogens with one attached hydrogen (secondary N) is 2. The lowest BCUT2D eigenvalue weighted by Crippen LogP contribution is -2.34. The van der Waals surface area contributed by atoms with Crippen molar-refractivity contribution in [3.63, 3.8) is 0 Å². The molecule has 5 heteroatoms. The van der Waals surface area contributed by atoms with Gasteiger partial charge in [-0.15, -0.1) is 6.58 Å². The molecule has 0 bridgehead atoms. The third-order valence-corrected chi connectivity index (χ3v) is 4.36. The van der Waals surface area contributed by atoms with E-state index >= 15 is 0 Å². The number of rotatable bonds is 4. The van der Waals surface area contributed by atoms with E-state index < -0.39 is 11.5 Å². The minimum atomic E-state index is -0.542. The molecule has 0 spiro atoms. The molecule has 24 heavy (non-hydrogen) atoms. The van der Waals surface area contributed by atoms with E-state index in [1.54, 1.807) is 13.0 Å². The Morgan fingerprint density at radius 3 is 2.83 bits per heavy atom. The maximum atomic E-state index is 12.3. The number of H-pyrrole nitrogens is 1. The van der Waals surface area contributed by atoms with Crippen LogP contribution in [0.15, 0.2) is 41.7 Å². The molecule has 1 aliphatic carbocycles. The van der Waals surface area contributed by atoms with Crippen molar-refractivity contribution in [2.24, 2.45) is 0 Å². The SMILES string of the molecule is C=C[C@H](C)NC(=O)c1cc(O)c(-c2ccc3c(c2)CCC3)[nH]c1=O. The lowest BCUT2D eigenvalue weighted by molar-refractivity contribution is 0.0945. The van der Waals surface area contributed by atoms with E-state index in [0.29, 0.717) is 5.69 Å². The molecule has 1 aromatic heterocycles. The smallest absolute Gasteiger partial charge is 0.261 e. The predicted octanol–water partition coefficient (Wildman–Crippen LogP) is 2.54. The molecular weight excluding hydrogens is 304 g/mol. The molecule has 0 radical (unpaired) electrons. The summed E-state index contributed by atoms with van der Waals surface area (Å²) < 4.78 is 0. The van der Waals surface area contributed by atoms with Gasteiger partial charge in [0.1, 0.15) is 11.3 Å². The van der Waals surface area contributed by atoms with Crippen LogP contribution in [0.2, 0.25) is 0 Å². The first-order chi connectivity index (χ1) is 11.5. The van der Waals surface area contributed by atoms with Gasteiger partial charge in [-0.05, 0) is 43.4 Å². The van der Waals surface area contributed by atoms with Crippen LogP contribution in [0.4, 0.5) is 0 Å². The van der Waals surface area contributed by atoms with Crippen LogP contribution in [0.3, 0.4) is 0 Å². The molecule has 1 heterocycles. The van der Waals surface area contributed by atoms with Crippen LogP contribution in [0, 0.1) is 0 Å². The average Bonchev–Trinajstić information content (AvgIpc) is 3.03. The second kappa shape index (κ2) is 6.35. The lowest BCUT2D eigenvalue weighted by Gasteiger charge is -2.11. The molecule has 0 fully saturated rings. The number of aromatic nitrogens is 1. The molecule has 3 rings (SSSR count). The van der Waals surface area contributed by atoms with Gasteiger partial charge in [0.05, 0.1) is 5.69 Å². The van der Waals surface area contributed by atoms with Crippen molar-refractivity contribution in [1.29, 1.82) is 0 Å². The van der Waals surface area contributed by atoms with E-state index in [-0.39, 0.29) is 17.4 Å². The van der Waals surface area contributed by atoms with Gasteiger partial charge in [-0.25, -0.2) is 0 Å². The highest BCUT2D eigenvalue weighted by Crippen LogP contribution is 2.31. The van der Waals surface area contributed by atoms with E-state index in [2.05, 4.69) is 16.9 Å². The molecule has 5 nitrogen and oxygen atoms in total. The molecule has 1 aliphatic rings. The summed E-state index contributed by atoms with van der Waals surface area (Å²) in [6.45, 7) is 5.33. The highest BCUT2D eigenvalue weighted by molar-refractivity contribution is 5.95. The van der Waals surface area contributed by atoms with Crippen molar-refractivity contribution in [2.75, 3.05) is 0 Å². The predicted molar refractivity (Wildman–Crippen MR) is 93.3 cm³/mol. The Labute approximate surface area is 140 Å². The fraction of sp³-hybridized carbons (Fsp3) is 0.263. The van der Waals surface area contributed by atoms with Crippen molar-refractivity contribution in [3.05, 3.63) is 64.0 Å². The van der Waals surface area contributed by atoms with E-state index in [1.807, 2.05) is 18.2 Å². The Kier molecular flexibility index (Phi) is 4.25. The number of hydrogen-bond acceptors (Lipinski definition) is 3. The van der Waals surface area contributed by atoms with Crippen LogP contribution in [0.1, 0.15) is 34.8 Å². The monoisotopic (exact) mass is 324 g/mol. The molecule has 2 aromatic rings. The fourth-order valence-electron chi connectivity index (χ4n) is 2.98. The van der Waals surface area contributed by atoms with E-state index in [1.165, 1.54) is 17.2 Å². The zero-order chi connectivity index (χ0) is 17.3. The molecule has 0 unspecified atom stereocenters. The molecule has 0 saturated heterocycles. The van der Waals surface area contributed by atoms with Crippen molar-refractivity contribution < 1.29 is 9.90 Å². The number of pyridine rings is 1. The van der Waals surface area contributed by atoms with Crippen LogP contribution in [0.25, 0.3) is 11.3 Å². The molecule has 0 saturated carbocycles. The summed E-state index contributed by atoms with van der Waals surface area (Å²) in [4.78, 5) is 27.0. The number of amides is 1. The number of carbonyl (C=O) groups is 1. The molecule has 124 valence electrons. The molecule has 1 aromatic carbocycles. The number of benzene rings is 1. The summed E-state index contributed by atoms with van der Waals surface area (Å²) in [5.41, 5.74) is 2.99. The standard InChI is InChI=1S/C19H20N2O3/c1-3-11(2)20-18(23)15-10-16(22)17(21-19(15)24)14-8-7-12-5-4-6-13(12)9-14/h3,7-11,22H,1,4-6H2,2H3,(H,20,23)(H,21,24)/t11-/m0/s1. The Hall–Kier alpha value is -2.82. The van der Waals surface area contributed by atoms with Gasteiger partial charge in [0.2, 0.25) is 0 Å². The fourth-order valence-corrected chi connectivity index (χ4v) is 2.98. The molecule has 0 aliphatic heterocycles. The first-order valence-electron chi connectivity index (χ1n) is 8.01. The lowest BCUT2D eigenvalue weighted by atomic mass is 10.0. The molecule has 3 N–H and O–H groups in total. The van der Waals surface area contributed by atoms with Crippen LogP contribution in [-0.2, 0) is 12.8 Å². The van der Waals surface area contributed by atoms with Gasteiger partial charge in [0.15, 0.2) is 0 Å². The first-order valence-corrected chi connectivity index (χ1v) is 8.01. The maximum Gasteiger partial charge on any atom is 0.261 e. The average molecular weight is 324 g/mol. The zero-order valence-electron chi connectivity index (χ0n) is 13.6. The second-order valence-corrected chi connectivity index (χ2v) is 6.11. The van der Waals surface area contributed by atoms with Crippen molar-refractivity contribution in [1.82, 2.24) is 10.3 Å². The van der Waals surface area contributed by atoms with Crippen LogP contribution < -0.4 is 10.9 Å². The number of aryl methyl sites for hydroxylation is 2. The maximum absolute atomic E-state index is 12.3. The van der Waals surface area contributed by atoms with Gasteiger partial charge in [-0.1, -0.05) is 18.2 Å². The minimum absolute atomic E-state index is 0.119. The summed E-state index contributed by atoms with van der Waals surface area (Å²) in [6.07, 6.45) is 4.76. The highest BCUT2D eigenvalue weighted by Gasteiger charge is 2.18. The highest BCUT2D eigenvalue weighted by atomic mass is 16.3. The van der Waals surface area contributed by atoms with E-state index in [4.69, 9.17) is 0 Å². The van der Waals surface area contributed by atoms with Gasteiger partial charge < -0.3 is 15.4 Å². The van der Waals surface area contributed by atoms with Gasteiger partial charge in [0.25, 0.3) is 11.5 Å². The third kappa shape index (κ3) is 2.97. The Bertz CT molecular complexity index is 867. The second-order valence-electron chi connectivity index (χ2n) is 6.11.